The zero-order chi connectivity index (χ0) is 27.1. The second kappa shape index (κ2) is 15.0. The number of esters is 1. The zero-order valence-electron chi connectivity index (χ0n) is 21.5. The summed E-state index contributed by atoms with van der Waals surface area (Å²) < 4.78 is 10.5. The van der Waals surface area contributed by atoms with Crippen molar-refractivity contribution in [3.8, 4) is 17.9 Å². The van der Waals surface area contributed by atoms with Crippen molar-refractivity contribution in [2.24, 2.45) is 0 Å². The molecule has 0 bridgehead atoms. The van der Waals surface area contributed by atoms with Gasteiger partial charge in [0.15, 0.2) is 0 Å². The highest BCUT2D eigenvalue weighted by molar-refractivity contribution is 5.86. The summed E-state index contributed by atoms with van der Waals surface area (Å²) in [7, 11) is 0. The van der Waals surface area contributed by atoms with Gasteiger partial charge in [-0.1, -0.05) is 42.2 Å². The summed E-state index contributed by atoms with van der Waals surface area (Å²) in [5, 5.41) is 14.2. The Morgan fingerprint density at radius 3 is 2.32 bits per heavy atom. The first kappa shape index (κ1) is 28.9. The molecule has 8 heteroatoms. The third-order valence-corrected chi connectivity index (χ3v) is 4.90. The Balaban J connectivity index is 1.85. The molecule has 2 aromatic carbocycles. The summed E-state index contributed by atoms with van der Waals surface area (Å²) in [5.41, 5.74) is 1.56. The molecular formula is C29H33N3O5. The van der Waals surface area contributed by atoms with E-state index < -0.39 is 29.6 Å². The molecule has 0 saturated heterocycles. The predicted molar refractivity (Wildman–Crippen MR) is 139 cm³/mol. The molecule has 2 amide bonds. The molecule has 0 spiro atoms. The second-order valence-electron chi connectivity index (χ2n) is 9.27. The zero-order valence-corrected chi connectivity index (χ0v) is 21.5. The first-order valence-electron chi connectivity index (χ1n) is 12.1. The van der Waals surface area contributed by atoms with Gasteiger partial charge >= 0.3 is 12.1 Å². The summed E-state index contributed by atoms with van der Waals surface area (Å²) in [6.45, 7) is 5.70. The van der Waals surface area contributed by atoms with Crippen molar-refractivity contribution in [2.45, 2.75) is 64.7 Å². The molecular weight excluding hydrogens is 470 g/mol. The normalized spacial score (nSPS) is 11.2. The molecule has 0 aliphatic heterocycles. The molecule has 0 saturated carbocycles. The molecule has 8 nitrogen and oxygen atoms in total. The lowest BCUT2D eigenvalue weighted by Crippen LogP contribution is -2.47. The Kier molecular flexibility index (Phi) is 11.7. The van der Waals surface area contributed by atoms with E-state index in [4.69, 9.17) is 14.7 Å². The minimum atomic E-state index is -0.958. The predicted octanol–water partition coefficient (Wildman–Crippen LogP) is 4.22. The van der Waals surface area contributed by atoms with Crippen molar-refractivity contribution in [1.29, 1.82) is 5.26 Å². The van der Waals surface area contributed by atoms with E-state index >= 15 is 0 Å². The number of nitriles is 1. The fraction of sp³-hybridized carbons (Fsp3) is 0.379. The molecule has 0 heterocycles. The Bertz CT molecular complexity index is 1140. The summed E-state index contributed by atoms with van der Waals surface area (Å²) >= 11 is 0. The van der Waals surface area contributed by atoms with Crippen molar-refractivity contribution in [3.05, 3.63) is 71.3 Å². The highest BCUT2D eigenvalue weighted by atomic mass is 16.6. The van der Waals surface area contributed by atoms with Crippen molar-refractivity contribution in [3.63, 3.8) is 0 Å². The number of nitrogens with one attached hydrogen (secondary N) is 2. The number of rotatable bonds is 10. The van der Waals surface area contributed by atoms with Crippen LogP contribution >= 0.6 is 0 Å². The van der Waals surface area contributed by atoms with Crippen LogP contribution in [-0.4, -0.2) is 36.2 Å². The fourth-order valence-corrected chi connectivity index (χ4v) is 3.13. The lowest BCUT2D eigenvalue weighted by atomic mass is 10.1. The largest absolute Gasteiger partial charge is 0.460 e. The SMILES string of the molecule is CC(C)(C)OC(=O)CC[C@@H](NC(=O)OCc1ccccc1)C(=O)NCCCC#Cc1ccc(C#N)cc1. The summed E-state index contributed by atoms with van der Waals surface area (Å²) in [6, 6.07) is 17.3. The minimum Gasteiger partial charge on any atom is -0.460 e. The average Bonchev–Trinajstić information content (AvgIpc) is 2.87. The number of carbonyl (C=O) groups is 3. The maximum atomic E-state index is 12.8. The summed E-state index contributed by atoms with van der Waals surface area (Å²) in [5.74, 6) is 5.18. The fourth-order valence-electron chi connectivity index (χ4n) is 3.13. The van der Waals surface area contributed by atoms with Gasteiger partial charge in [-0.15, -0.1) is 0 Å². The van der Waals surface area contributed by atoms with Crippen LogP contribution in [0.1, 0.15) is 63.1 Å². The van der Waals surface area contributed by atoms with E-state index in [2.05, 4.69) is 28.5 Å². The van der Waals surface area contributed by atoms with Crippen molar-refractivity contribution >= 4 is 18.0 Å². The van der Waals surface area contributed by atoms with Crippen LogP contribution < -0.4 is 10.6 Å². The van der Waals surface area contributed by atoms with Crippen LogP contribution in [0, 0.1) is 23.2 Å². The number of nitrogens with zero attached hydrogens (tertiary/aromatic N) is 1. The van der Waals surface area contributed by atoms with Crippen LogP contribution in [0.3, 0.4) is 0 Å². The van der Waals surface area contributed by atoms with Crippen LogP contribution in [0.5, 0.6) is 0 Å². The smallest absolute Gasteiger partial charge is 0.408 e. The topological polar surface area (TPSA) is 118 Å². The maximum absolute atomic E-state index is 12.8. The van der Waals surface area contributed by atoms with Gasteiger partial charge in [0.2, 0.25) is 5.91 Å². The van der Waals surface area contributed by atoms with Gasteiger partial charge in [0.05, 0.1) is 11.6 Å². The van der Waals surface area contributed by atoms with Gasteiger partial charge in [0.25, 0.3) is 0 Å². The van der Waals surface area contributed by atoms with E-state index in [0.29, 0.717) is 24.9 Å². The lowest BCUT2D eigenvalue weighted by Gasteiger charge is -2.21. The van der Waals surface area contributed by atoms with Gasteiger partial charge in [-0.2, -0.15) is 5.26 Å². The van der Waals surface area contributed by atoms with E-state index in [0.717, 1.165) is 11.1 Å². The molecule has 0 fully saturated rings. The molecule has 0 aromatic heterocycles. The van der Waals surface area contributed by atoms with Crippen molar-refractivity contribution in [2.75, 3.05) is 6.54 Å². The Morgan fingerprint density at radius 2 is 1.68 bits per heavy atom. The van der Waals surface area contributed by atoms with Gasteiger partial charge in [-0.25, -0.2) is 4.79 Å². The molecule has 0 aliphatic carbocycles. The number of hydrogen-bond acceptors (Lipinski definition) is 6. The Hall–Kier alpha value is -4.30. The highest BCUT2D eigenvalue weighted by Crippen LogP contribution is 2.11. The van der Waals surface area contributed by atoms with Crippen LogP contribution in [-0.2, 0) is 25.7 Å². The first-order valence-corrected chi connectivity index (χ1v) is 12.1. The standard InChI is InChI=1S/C29H33N3O5/c1-29(2,3)37-26(33)18-17-25(32-28(35)36-21-24-11-6-4-7-12-24)27(34)31-19-9-5-8-10-22-13-15-23(20-30)16-14-22/h4,6-7,11-16,25H,5,9,17-19,21H2,1-3H3,(H,31,34)(H,32,35)/t25-/m1/s1. The van der Waals surface area contributed by atoms with Gasteiger partial charge in [0.1, 0.15) is 18.2 Å². The van der Waals surface area contributed by atoms with Gasteiger partial charge < -0.3 is 20.1 Å². The van der Waals surface area contributed by atoms with E-state index in [1.165, 1.54) is 0 Å². The molecule has 1 atom stereocenters. The maximum Gasteiger partial charge on any atom is 0.408 e. The first-order chi connectivity index (χ1) is 17.7. The van der Waals surface area contributed by atoms with E-state index in [-0.39, 0.29) is 19.4 Å². The molecule has 0 radical (unpaired) electrons. The molecule has 2 rings (SSSR count). The quantitative estimate of drug-likeness (QED) is 0.285. The van der Waals surface area contributed by atoms with Gasteiger partial charge in [-0.3, -0.25) is 9.59 Å². The third-order valence-electron chi connectivity index (χ3n) is 4.90. The molecule has 0 aliphatic rings. The Morgan fingerprint density at radius 1 is 1.00 bits per heavy atom. The number of unbranched alkanes of at least 4 members (excludes halogenated alkanes) is 1. The van der Waals surface area contributed by atoms with Crippen molar-refractivity contribution < 1.29 is 23.9 Å². The van der Waals surface area contributed by atoms with E-state index in [1.807, 2.05) is 30.3 Å². The highest BCUT2D eigenvalue weighted by Gasteiger charge is 2.24. The van der Waals surface area contributed by atoms with Crippen LogP contribution in [0.25, 0.3) is 0 Å². The van der Waals surface area contributed by atoms with Gasteiger partial charge in [-0.05, 0) is 63.4 Å². The van der Waals surface area contributed by atoms with Gasteiger partial charge in [0, 0.05) is 24.9 Å². The number of ether oxygens (including phenoxy) is 2. The summed E-state index contributed by atoms with van der Waals surface area (Å²) in [6.07, 6.45) is 0.438. The number of alkyl carbamates (subject to hydrolysis) is 1. The van der Waals surface area contributed by atoms with Crippen LogP contribution in [0.4, 0.5) is 4.79 Å². The number of benzene rings is 2. The molecule has 37 heavy (non-hydrogen) atoms. The summed E-state index contributed by atoms with van der Waals surface area (Å²) in [4.78, 5) is 37.2. The third kappa shape index (κ3) is 12.3. The average molecular weight is 504 g/mol. The Labute approximate surface area is 218 Å². The second-order valence-corrected chi connectivity index (χ2v) is 9.27. The monoisotopic (exact) mass is 503 g/mol. The van der Waals surface area contributed by atoms with Crippen molar-refractivity contribution in [1.82, 2.24) is 10.6 Å². The molecule has 0 unspecified atom stereocenters. The number of carbonyl (C=O) groups excluding carboxylic acids is 3. The van der Waals surface area contributed by atoms with Crippen LogP contribution in [0.15, 0.2) is 54.6 Å². The van der Waals surface area contributed by atoms with Crippen LogP contribution in [0.2, 0.25) is 0 Å². The molecule has 194 valence electrons. The minimum absolute atomic E-state index is 0.0373. The molecule has 2 N–H and O–H groups in total. The number of hydrogen-bond donors (Lipinski definition) is 2. The number of amides is 2. The lowest BCUT2D eigenvalue weighted by molar-refractivity contribution is -0.155. The van der Waals surface area contributed by atoms with E-state index in [9.17, 15) is 14.4 Å². The molecule has 2 aromatic rings. The van der Waals surface area contributed by atoms with E-state index in [1.54, 1.807) is 45.0 Å².